The second-order valence-electron chi connectivity index (χ2n) is 6.21. The van der Waals surface area contributed by atoms with E-state index in [9.17, 15) is 12.8 Å². The first-order valence-corrected chi connectivity index (χ1v) is 11.0. The fourth-order valence-electron chi connectivity index (χ4n) is 2.85. The number of thiazole rings is 1. The number of nitrogens with zero attached hydrogens (tertiary/aromatic N) is 2. The maximum atomic E-state index is 13.0. The first-order chi connectivity index (χ1) is 13.5. The zero-order chi connectivity index (χ0) is 19.6. The van der Waals surface area contributed by atoms with Gasteiger partial charge in [0, 0.05) is 29.7 Å². The summed E-state index contributed by atoms with van der Waals surface area (Å²) in [6, 6.07) is 12.8. The summed E-state index contributed by atoms with van der Waals surface area (Å²) in [5.74, 6) is -0.294. The highest BCUT2D eigenvalue weighted by Crippen LogP contribution is 2.28. The summed E-state index contributed by atoms with van der Waals surface area (Å²) >= 11 is 1.42. The Morgan fingerprint density at radius 3 is 2.34 bits per heavy atom. The number of hydrogen-bond donors (Lipinski definition) is 1. The zero-order valence-corrected chi connectivity index (χ0v) is 18.6. The van der Waals surface area contributed by atoms with Gasteiger partial charge in [-0.25, -0.2) is 17.8 Å². The summed E-state index contributed by atoms with van der Waals surface area (Å²) in [6.45, 7) is 1.57. The van der Waals surface area contributed by atoms with Gasteiger partial charge in [-0.05, 0) is 36.4 Å². The Morgan fingerprint density at radius 2 is 1.69 bits per heavy atom. The van der Waals surface area contributed by atoms with Gasteiger partial charge in [0.05, 0.1) is 23.8 Å². The van der Waals surface area contributed by atoms with Gasteiger partial charge in [0.15, 0.2) is 5.13 Å². The van der Waals surface area contributed by atoms with Gasteiger partial charge in [0.2, 0.25) is 10.0 Å². The third kappa shape index (κ3) is 5.01. The minimum absolute atomic E-state index is 0. The number of nitrogens with one attached hydrogen (secondary N) is 1. The van der Waals surface area contributed by atoms with Crippen molar-refractivity contribution >= 4 is 49.2 Å². The molecule has 0 radical (unpaired) electrons. The van der Waals surface area contributed by atoms with Crippen LogP contribution in [0.2, 0.25) is 0 Å². The highest BCUT2D eigenvalue weighted by Gasteiger charge is 2.26. The summed E-state index contributed by atoms with van der Waals surface area (Å²) in [5, 5.41) is 5.69. The molecule has 0 saturated carbocycles. The summed E-state index contributed by atoms with van der Waals surface area (Å²) in [7, 11) is -3.51. The first-order valence-electron chi connectivity index (χ1n) is 8.69. The number of aromatic nitrogens is 1. The summed E-state index contributed by atoms with van der Waals surface area (Å²) < 4.78 is 45.0. The van der Waals surface area contributed by atoms with Crippen molar-refractivity contribution < 1.29 is 17.5 Å². The Bertz CT molecular complexity index is 1050. The number of sulfonamides is 1. The fraction of sp³-hybridized carbons (Fsp3) is 0.211. The minimum atomic E-state index is -3.51. The molecule has 154 valence electrons. The highest BCUT2D eigenvalue weighted by atomic mass is 79.9. The van der Waals surface area contributed by atoms with Crippen LogP contribution in [0.5, 0.6) is 0 Å². The van der Waals surface area contributed by atoms with Crippen LogP contribution in [0, 0.1) is 5.82 Å². The van der Waals surface area contributed by atoms with E-state index in [1.165, 1.54) is 27.8 Å². The number of hydrogen-bond acceptors (Lipinski definition) is 6. The molecule has 1 aromatic heterocycles. The second-order valence-corrected chi connectivity index (χ2v) is 9.01. The van der Waals surface area contributed by atoms with Crippen molar-refractivity contribution in [3.05, 3.63) is 59.7 Å². The van der Waals surface area contributed by atoms with Crippen molar-refractivity contribution in [2.45, 2.75) is 4.90 Å². The van der Waals surface area contributed by atoms with Crippen LogP contribution >= 0.6 is 28.3 Å². The molecular formula is C19H19BrFN3O3S2. The number of morpholine rings is 1. The molecule has 29 heavy (non-hydrogen) atoms. The van der Waals surface area contributed by atoms with Gasteiger partial charge in [0.25, 0.3) is 0 Å². The monoisotopic (exact) mass is 499 g/mol. The van der Waals surface area contributed by atoms with E-state index >= 15 is 0 Å². The van der Waals surface area contributed by atoms with Crippen molar-refractivity contribution in [1.29, 1.82) is 0 Å². The molecule has 0 spiro atoms. The van der Waals surface area contributed by atoms with Crippen molar-refractivity contribution in [3.8, 4) is 11.3 Å². The standard InChI is InChI=1S/C19H18FN3O3S2.BrH/c20-15-3-5-16(6-4-15)21-19-22-18(13-27-19)14-1-7-17(8-2-14)28(24,25)23-9-11-26-12-10-23;/h1-8,13H,9-12H2,(H,21,22);1H. The van der Waals surface area contributed by atoms with E-state index in [0.29, 0.717) is 31.4 Å². The molecule has 1 fully saturated rings. The molecule has 0 bridgehead atoms. The fourth-order valence-corrected chi connectivity index (χ4v) is 5.00. The molecule has 6 nitrogen and oxygen atoms in total. The quantitative estimate of drug-likeness (QED) is 0.566. The largest absolute Gasteiger partial charge is 0.379 e. The van der Waals surface area contributed by atoms with Gasteiger partial charge in [-0.15, -0.1) is 28.3 Å². The Hall–Kier alpha value is -1.85. The van der Waals surface area contributed by atoms with Crippen LogP contribution in [-0.4, -0.2) is 44.0 Å². The second kappa shape index (κ2) is 9.31. The Labute approximate surface area is 183 Å². The Balaban J connectivity index is 0.00000240. The molecule has 1 aliphatic heterocycles. The van der Waals surface area contributed by atoms with Crippen LogP contribution in [0.4, 0.5) is 15.2 Å². The molecule has 2 aromatic carbocycles. The maximum absolute atomic E-state index is 13.0. The van der Waals surface area contributed by atoms with Gasteiger partial charge in [-0.3, -0.25) is 0 Å². The number of rotatable bonds is 5. The van der Waals surface area contributed by atoms with Crippen LogP contribution in [0.25, 0.3) is 11.3 Å². The first kappa shape index (κ1) is 21.8. The lowest BCUT2D eigenvalue weighted by atomic mass is 10.2. The number of benzene rings is 2. The molecular weight excluding hydrogens is 481 g/mol. The van der Waals surface area contributed by atoms with Gasteiger partial charge < -0.3 is 10.1 Å². The van der Waals surface area contributed by atoms with Crippen LogP contribution in [-0.2, 0) is 14.8 Å². The van der Waals surface area contributed by atoms with Crippen molar-refractivity contribution in [2.75, 3.05) is 31.6 Å². The van der Waals surface area contributed by atoms with E-state index in [1.807, 2.05) is 5.38 Å². The van der Waals surface area contributed by atoms with E-state index in [0.717, 1.165) is 16.9 Å². The maximum Gasteiger partial charge on any atom is 0.243 e. The van der Waals surface area contributed by atoms with Crippen molar-refractivity contribution in [2.24, 2.45) is 0 Å². The lowest BCUT2D eigenvalue weighted by Crippen LogP contribution is -2.40. The summed E-state index contributed by atoms with van der Waals surface area (Å²) in [4.78, 5) is 4.78. The number of anilines is 2. The molecule has 0 aliphatic carbocycles. The van der Waals surface area contributed by atoms with Crippen molar-refractivity contribution in [3.63, 3.8) is 0 Å². The summed E-state index contributed by atoms with van der Waals surface area (Å²) in [5.41, 5.74) is 2.31. The zero-order valence-electron chi connectivity index (χ0n) is 15.2. The van der Waals surface area contributed by atoms with E-state index < -0.39 is 10.0 Å². The average molecular weight is 500 g/mol. The average Bonchev–Trinajstić information content (AvgIpc) is 3.19. The molecule has 2 heterocycles. The van der Waals surface area contributed by atoms with Gasteiger partial charge in [-0.2, -0.15) is 4.31 Å². The van der Waals surface area contributed by atoms with Crippen LogP contribution in [0.15, 0.2) is 58.8 Å². The SMILES string of the molecule is Br.O=S(=O)(c1ccc(-c2csc(Nc3ccc(F)cc3)n2)cc1)N1CCOCC1. The smallest absolute Gasteiger partial charge is 0.243 e. The molecule has 0 atom stereocenters. The third-order valence-electron chi connectivity index (χ3n) is 4.36. The van der Waals surface area contributed by atoms with Crippen LogP contribution in [0.3, 0.4) is 0 Å². The Morgan fingerprint density at radius 1 is 1.03 bits per heavy atom. The van der Waals surface area contributed by atoms with E-state index in [4.69, 9.17) is 4.74 Å². The summed E-state index contributed by atoms with van der Waals surface area (Å²) in [6.07, 6.45) is 0. The Kier molecular flexibility index (Phi) is 7.01. The number of halogens is 2. The van der Waals surface area contributed by atoms with Gasteiger partial charge >= 0.3 is 0 Å². The van der Waals surface area contributed by atoms with E-state index in [2.05, 4.69) is 10.3 Å². The minimum Gasteiger partial charge on any atom is -0.379 e. The van der Waals surface area contributed by atoms with Gasteiger partial charge in [0.1, 0.15) is 5.82 Å². The lowest BCUT2D eigenvalue weighted by Gasteiger charge is -2.26. The highest BCUT2D eigenvalue weighted by molar-refractivity contribution is 8.93. The van der Waals surface area contributed by atoms with Crippen molar-refractivity contribution in [1.82, 2.24) is 9.29 Å². The topological polar surface area (TPSA) is 71.5 Å². The van der Waals surface area contributed by atoms with E-state index in [-0.39, 0.29) is 27.7 Å². The molecule has 0 amide bonds. The normalized spacial score (nSPS) is 14.9. The molecule has 0 unspecified atom stereocenters. The molecule has 4 rings (SSSR count). The third-order valence-corrected chi connectivity index (χ3v) is 7.03. The number of ether oxygens (including phenoxy) is 1. The molecule has 10 heteroatoms. The van der Waals surface area contributed by atoms with Gasteiger partial charge in [-0.1, -0.05) is 12.1 Å². The molecule has 1 N–H and O–H groups in total. The van der Waals surface area contributed by atoms with E-state index in [1.54, 1.807) is 36.4 Å². The predicted molar refractivity (Wildman–Crippen MR) is 117 cm³/mol. The molecule has 1 aliphatic rings. The lowest BCUT2D eigenvalue weighted by molar-refractivity contribution is 0.0730. The van der Waals surface area contributed by atoms with Crippen LogP contribution < -0.4 is 5.32 Å². The molecule has 1 saturated heterocycles. The van der Waals surface area contributed by atoms with Crippen LogP contribution in [0.1, 0.15) is 0 Å². The predicted octanol–water partition coefficient (Wildman–Crippen LogP) is 4.29. The molecule has 3 aromatic rings.